The molecule has 242 valence electrons. The summed E-state index contributed by atoms with van der Waals surface area (Å²) in [5.41, 5.74) is 10.3. The molecule has 1 aliphatic rings. The smallest absolute Gasteiger partial charge is 0.136 e. The van der Waals surface area contributed by atoms with Crippen LogP contribution in [0.3, 0.4) is 0 Å². The number of rotatable bonds is 5. The number of ether oxygens (including phenoxy) is 1. The summed E-state index contributed by atoms with van der Waals surface area (Å²) in [4.78, 5) is 2.36. The molecule has 10 aromatic rings. The van der Waals surface area contributed by atoms with Crippen LogP contribution in [0.25, 0.3) is 76.5 Å². The summed E-state index contributed by atoms with van der Waals surface area (Å²) < 4.78 is 6.84. The Bertz CT molecular complexity index is 2970. The van der Waals surface area contributed by atoms with Gasteiger partial charge in [-0.25, -0.2) is 0 Å². The molecule has 1 aliphatic heterocycles. The van der Waals surface area contributed by atoms with E-state index in [2.05, 4.69) is 193 Å². The second-order valence-corrected chi connectivity index (χ2v) is 13.7. The van der Waals surface area contributed by atoms with Crippen LogP contribution in [0.2, 0.25) is 0 Å². The number of nitrogens with zero attached hydrogens (tertiary/aromatic N) is 1. The van der Waals surface area contributed by atoms with Crippen molar-refractivity contribution in [3.05, 3.63) is 188 Å². The zero-order chi connectivity index (χ0) is 34.2. The minimum absolute atomic E-state index is 0.875. The summed E-state index contributed by atoms with van der Waals surface area (Å²) in [7, 11) is 0. The van der Waals surface area contributed by atoms with Gasteiger partial charge in [0.15, 0.2) is 0 Å². The fourth-order valence-corrected chi connectivity index (χ4v) is 8.43. The molecule has 0 aliphatic carbocycles. The van der Waals surface area contributed by atoms with Crippen LogP contribution in [-0.4, -0.2) is 0 Å². The highest BCUT2D eigenvalue weighted by molar-refractivity contribution is 6.25. The van der Waals surface area contributed by atoms with Gasteiger partial charge in [0.1, 0.15) is 11.5 Å². The Morgan fingerprint density at radius 2 is 1.00 bits per heavy atom. The van der Waals surface area contributed by atoms with Gasteiger partial charge in [0.25, 0.3) is 0 Å². The highest BCUT2D eigenvalue weighted by atomic mass is 16.5. The molecule has 1 heterocycles. The third kappa shape index (κ3) is 4.38. The molecule has 0 aromatic heterocycles. The van der Waals surface area contributed by atoms with E-state index in [1.807, 2.05) is 0 Å². The van der Waals surface area contributed by atoms with Crippen molar-refractivity contribution in [3.8, 4) is 44.9 Å². The Hall–Kier alpha value is -6.90. The van der Waals surface area contributed by atoms with E-state index in [9.17, 15) is 0 Å². The van der Waals surface area contributed by atoms with Gasteiger partial charge < -0.3 is 9.64 Å². The Labute approximate surface area is 301 Å². The van der Waals surface area contributed by atoms with Crippen LogP contribution in [0.5, 0.6) is 11.5 Å². The average Bonchev–Trinajstić information content (AvgIpc) is 3.21. The van der Waals surface area contributed by atoms with Crippen LogP contribution < -0.4 is 9.64 Å². The van der Waals surface area contributed by atoms with Gasteiger partial charge in [-0.15, -0.1) is 0 Å². The predicted octanol–water partition coefficient (Wildman–Crippen LogP) is 14.3. The maximum Gasteiger partial charge on any atom is 0.136 e. The SMILES string of the molecule is c1ccc(-c2cccc(N(c3ccccc3)c3ccc4c5c(cccc35)-c3ccc(-c5ccc6ccc7cccc8ccc5c6c78)cc3O4)c2)cc1. The lowest BCUT2D eigenvalue weighted by Crippen LogP contribution is -2.11. The standard InChI is InChI=1S/C50H31NO/c1-3-10-32(11-4-1)36-14-8-17-39(30-36)51(38-15-5-2-6-16-38)45-28-29-46-50-42(18-9-19-44(45)50)41-26-24-37(31-47(41)52-46)40-25-22-35-21-20-33-12-7-13-34-23-27-43(40)49(35)48(33)34/h1-31H. The fourth-order valence-electron chi connectivity index (χ4n) is 8.43. The molecule has 52 heavy (non-hydrogen) atoms. The van der Waals surface area contributed by atoms with Crippen molar-refractivity contribution in [2.24, 2.45) is 0 Å². The maximum absolute atomic E-state index is 6.84. The zero-order valence-electron chi connectivity index (χ0n) is 28.3. The molecule has 0 saturated heterocycles. The topological polar surface area (TPSA) is 12.5 Å². The van der Waals surface area contributed by atoms with E-state index in [0.717, 1.165) is 50.5 Å². The molecular weight excluding hydrogens is 631 g/mol. The van der Waals surface area contributed by atoms with Crippen molar-refractivity contribution >= 4 is 60.2 Å². The van der Waals surface area contributed by atoms with Crippen molar-refractivity contribution in [1.82, 2.24) is 0 Å². The van der Waals surface area contributed by atoms with E-state index in [4.69, 9.17) is 4.74 Å². The highest BCUT2D eigenvalue weighted by Crippen LogP contribution is 2.52. The van der Waals surface area contributed by atoms with Gasteiger partial charge in [0, 0.05) is 27.7 Å². The van der Waals surface area contributed by atoms with E-state index in [-0.39, 0.29) is 0 Å². The molecule has 0 atom stereocenters. The van der Waals surface area contributed by atoms with Crippen molar-refractivity contribution in [2.45, 2.75) is 0 Å². The first-order valence-corrected chi connectivity index (χ1v) is 17.8. The Kier molecular flexibility index (Phi) is 6.28. The first kappa shape index (κ1) is 28.9. The van der Waals surface area contributed by atoms with Gasteiger partial charge in [-0.1, -0.05) is 140 Å². The lowest BCUT2D eigenvalue weighted by atomic mass is 9.88. The van der Waals surface area contributed by atoms with Crippen molar-refractivity contribution < 1.29 is 4.74 Å². The summed E-state index contributed by atoms with van der Waals surface area (Å²) in [6.45, 7) is 0. The molecule has 2 heteroatoms. The van der Waals surface area contributed by atoms with Crippen LogP contribution in [-0.2, 0) is 0 Å². The van der Waals surface area contributed by atoms with Crippen LogP contribution in [0, 0.1) is 0 Å². The Balaban J connectivity index is 1.06. The summed E-state index contributed by atoms with van der Waals surface area (Å²) in [5, 5.41) is 10.0. The number of hydrogen-bond donors (Lipinski definition) is 0. The van der Waals surface area contributed by atoms with Gasteiger partial charge >= 0.3 is 0 Å². The van der Waals surface area contributed by atoms with Gasteiger partial charge in [-0.2, -0.15) is 0 Å². The number of anilines is 3. The third-order valence-electron chi connectivity index (χ3n) is 10.8. The molecule has 0 unspecified atom stereocenters. The van der Waals surface area contributed by atoms with Crippen molar-refractivity contribution in [1.29, 1.82) is 0 Å². The zero-order valence-corrected chi connectivity index (χ0v) is 28.3. The molecule has 0 fully saturated rings. The second-order valence-electron chi connectivity index (χ2n) is 13.7. The van der Waals surface area contributed by atoms with Crippen molar-refractivity contribution in [2.75, 3.05) is 4.90 Å². The van der Waals surface area contributed by atoms with Gasteiger partial charge in [-0.05, 0) is 109 Å². The quantitative estimate of drug-likeness (QED) is 0.170. The molecule has 0 amide bonds. The summed E-state index contributed by atoms with van der Waals surface area (Å²) >= 11 is 0. The number of hydrogen-bond acceptors (Lipinski definition) is 2. The first-order valence-electron chi connectivity index (χ1n) is 17.8. The van der Waals surface area contributed by atoms with Gasteiger partial charge in [0.05, 0.1) is 5.69 Å². The molecule has 0 radical (unpaired) electrons. The lowest BCUT2D eigenvalue weighted by Gasteiger charge is -2.29. The third-order valence-corrected chi connectivity index (χ3v) is 10.8. The van der Waals surface area contributed by atoms with E-state index in [1.54, 1.807) is 0 Å². The normalized spacial score (nSPS) is 12.0. The van der Waals surface area contributed by atoms with Crippen LogP contribution in [0.1, 0.15) is 0 Å². The van der Waals surface area contributed by atoms with Crippen LogP contribution in [0.15, 0.2) is 188 Å². The molecule has 11 rings (SSSR count). The average molecular weight is 662 g/mol. The van der Waals surface area contributed by atoms with Crippen LogP contribution >= 0.6 is 0 Å². The number of fused-ring (bicyclic) bond motifs is 2. The maximum atomic E-state index is 6.84. The lowest BCUT2D eigenvalue weighted by molar-refractivity contribution is 0.487. The summed E-state index contributed by atoms with van der Waals surface area (Å²) in [5.74, 6) is 1.76. The van der Waals surface area contributed by atoms with E-state index in [1.165, 1.54) is 54.6 Å². The summed E-state index contributed by atoms with van der Waals surface area (Å²) in [6, 6.07) is 67.8. The van der Waals surface area contributed by atoms with Gasteiger partial charge in [0.2, 0.25) is 0 Å². The monoisotopic (exact) mass is 661 g/mol. The fraction of sp³-hybridized carbons (Fsp3) is 0. The van der Waals surface area contributed by atoms with E-state index >= 15 is 0 Å². The first-order chi connectivity index (χ1) is 25.8. The van der Waals surface area contributed by atoms with Crippen LogP contribution in [0.4, 0.5) is 17.1 Å². The van der Waals surface area contributed by atoms with Gasteiger partial charge in [-0.3, -0.25) is 0 Å². The Morgan fingerprint density at radius 1 is 0.327 bits per heavy atom. The molecular formula is C50H31NO. The largest absolute Gasteiger partial charge is 0.456 e. The number of benzene rings is 10. The summed E-state index contributed by atoms with van der Waals surface area (Å²) in [6.07, 6.45) is 0. The minimum atomic E-state index is 0.875. The Morgan fingerprint density at radius 3 is 1.85 bits per heavy atom. The molecule has 0 N–H and O–H groups in total. The highest BCUT2D eigenvalue weighted by Gasteiger charge is 2.25. The van der Waals surface area contributed by atoms with E-state index in [0.29, 0.717) is 0 Å². The van der Waals surface area contributed by atoms with Crippen molar-refractivity contribution in [3.63, 3.8) is 0 Å². The molecule has 0 saturated carbocycles. The number of para-hydroxylation sites is 1. The molecule has 2 nitrogen and oxygen atoms in total. The molecule has 0 bridgehead atoms. The molecule has 0 spiro atoms. The second kappa shape index (κ2) is 11.3. The predicted molar refractivity (Wildman–Crippen MR) is 219 cm³/mol. The minimum Gasteiger partial charge on any atom is -0.456 e. The molecule has 10 aromatic carbocycles. The van der Waals surface area contributed by atoms with E-state index < -0.39 is 0 Å².